The number of ether oxygens (including phenoxy) is 1. The molecule has 0 N–H and O–H groups in total. The van der Waals surface area contributed by atoms with E-state index < -0.39 is 10.9 Å². The molecule has 0 atom stereocenters. The fourth-order valence-electron chi connectivity index (χ4n) is 2.99. The number of nitriles is 1. The predicted octanol–water partition coefficient (Wildman–Crippen LogP) is 3.17. The van der Waals surface area contributed by atoms with Crippen molar-refractivity contribution in [3.63, 3.8) is 0 Å². The summed E-state index contributed by atoms with van der Waals surface area (Å²) >= 11 is 1.27. The Labute approximate surface area is 166 Å². The highest BCUT2D eigenvalue weighted by Crippen LogP contribution is 2.37. The molecule has 0 unspecified atom stereocenters. The van der Waals surface area contributed by atoms with Gasteiger partial charge < -0.3 is 9.30 Å². The Bertz CT molecular complexity index is 1110. The van der Waals surface area contributed by atoms with Crippen molar-refractivity contribution in [3.8, 4) is 27.6 Å². The number of aromatic nitrogens is 1. The first-order valence-electron chi connectivity index (χ1n) is 8.28. The Morgan fingerprint density at radius 2 is 1.96 bits per heavy atom. The third kappa shape index (κ3) is 3.19. The zero-order chi connectivity index (χ0) is 20.4. The summed E-state index contributed by atoms with van der Waals surface area (Å²) in [7, 11) is 7.60. The third-order valence-corrected chi connectivity index (χ3v) is 5.25. The maximum atomic E-state index is 12.4. The van der Waals surface area contributed by atoms with Gasteiger partial charge in [-0.2, -0.15) is 5.26 Å². The molecular weight excluding hydrogens is 377 g/mol. The van der Waals surface area contributed by atoms with Gasteiger partial charge in [0.1, 0.15) is 24.5 Å². The van der Waals surface area contributed by atoms with E-state index in [4.69, 9.17) is 12.6 Å². The molecule has 2 radical (unpaired) electrons. The van der Waals surface area contributed by atoms with E-state index in [0.29, 0.717) is 21.6 Å². The summed E-state index contributed by atoms with van der Waals surface area (Å²) in [5.74, 6) is -0.578. The van der Waals surface area contributed by atoms with E-state index in [2.05, 4.69) is 0 Å². The molecule has 0 aliphatic rings. The van der Waals surface area contributed by atoms with Crippen molar-refractivity contribution in [1.82, 2.24) is 4.57 Å². The number of hydrogen-bond donors (Lipinski definition) is 0. The minimum atomic E-state index is -0.578. The van der Waals surface area contributed by atoms with Crippen molar-refractivity contribution in [3.05, 3.63) is 57.1 Å². The lowest BCUT2D eigenvalue weighted by atomic mass is 9.93. The van der Waals surface area contributed by atoms with Crippen LogP contribution in [0.25, 0.3) is 21.6 Å². The molecule has 0 fully saturated rings. The van der Waals surface area contributed by atoms with Crippen LogP contribution in [0, 0.1) is 21.4 Å². The molecule has 0 aliphatic heterocycles. The number of nitro groups is 1. The number of hydrogen-bond acceptors (Lipinski definition) is 6. The Kier molecular flexibility index (Phi) is 5.33. The van der Waals surface area contributed by atoms with Gasteiger partial charge in [-0.15, -0.1) is 11.3 Å². The summed E-state index contributed by atoms with van der Waals surface area (Å²) in [5.41, 5.74) is 2.21. The molecule has 2 heterocycles. The van der Waals surface area contributed by atoms with Crippen LogP contribution in [-0.2, 0) is 11.8 Å². The van der Waals surface area contributed by atoms with Crippen molar-refractivity contribution >= 4 is 36.4 Å². The first kappa shape index (κ1) is 19.4. The average molecular weight is 391 g/mol. The van der Waals surface area contributed by atoms with Gasteiger partial charge in [-0.25, -0.2) is 4.79 Å². The number of rotatable bonds is 5. The highest BCUT2D eigenvalue weighted by Gasteiger charge is 2.25. The van der Waals surface area contributed by atoms with Gasteiger partial charge in [-0.05, 0) is 29.0 Å². The van der Waals surface area contributed by atoms with Crippen LogP contribution in [0.1, 0.15) is 23.0 Å². The van der Waals surface area contributed by atoms with Gasteiger partial charge in [0.2, 0.25) is 0 Å². The largest absolute Gasteiger partial charge is 0.461 e. The van der Waals surface area contributed by atoms with Crippen LogP contribution < -0.4 is 5.59 Å². The Balaban J connectivity index is 2.13. The summed E-state index contributed by atoms with van der Waals surface area (Å²) in [6.45, 7) is 1.88. The molecule has 0 aliphatic carbocycles. The second-order valence-electron chi connectivity index (χ2n) is 5.84. The highest BCUT2D eigenvalue weighted by atomic mass is 32.1. The molecule has 3 aromatic rings. The van der Waals surface area contributed by atoms with Gasteiger partial charge in [-0.1, -0.05) is 24.3 Å². The molecule has 0 bridgehead atoms. The Hall–Kier alpha value is -3.38. The van der Waals surface area contributed by atoms with E-state index >= 15 is 0 Å². The van der Waals surface area contributed by atoms with Gasteiger partial charge >= 0.3 is 5.97 Å². The maximum Gasteiger partial charge on any atom is 0.355 e. The zero-order valence-corrected chi connectivity index (χ0v) is 15.9. The van der Waals surface area contributed by atoms with E-state index in [9.17, 15) is 20.2 Å². The van der Waals surface area contributed by atoms with Crippen molar-refractivity contribution < 1.29 is 14.5 Å². The fourth-order valence-corrected chi connectivity index (χ4v) is 3.85. The highest BCUT2D eigenvalue weighted by molar-refractivity contribution is 7.14. The predicted molar refractivity (Wildman–Crippen MR) is 107 cm³/mol. The van der Waals surface area contributed by atoms with E-state index in [1.54, 1.807) is 43.6 Å². The van der Waals surface area contributed by atoms with Crippen molar-refractivity contribution in [2.45, 2.75) is 6.92 Å². The van der Waals surface area contributed by atoms with Crippen LogP contribution in [0.3, 0.4) is 0 Å². The lowest BCUT2D eigenvalue weighted by molar-refractivity contribution is -0.383. The molecule has 0 spiro atoms. The van der Waals surface area contributed by atoms with Gasteiger partial charge in [0.05, 0.1) is 17.1 Å². The molecule has 7 nitrogen and oxygen atoms in total. The van der Waals surface area contributed by atoms with Gasteiger partial charge in [0, 0.05) is 18.7 Å². The lowest BCUT2D eigenvalue weighted by Gasteiger charge is -2.08. The van der Waals surface area contributed by atoms with Crippen molar-refractivity contribution in [2.75, 3.05) is 6.61 Å². The van der Waals surface area contributed by atoms with Gasteiger partial charge in [0.15, 0.2) is 0 Å². The van der Waals surface area contributed by atoms with E-state index in [-0.39, 0.29) is 29.1 Å². The van der Waals surface area contributed by atoms with E-state index in [0.717, 1.165) is 0 Å². The van der Waals surface area contributed by atoms with Crippen LogP contribution in [0.4, 0.5) is 5.69 Å². The summed E-state index contributed by atoms with van der Waals surface area (Å²) in [4.78, 5) is 23.7. The second kappa shape index (κ2) is 7.70. The standard InChI is InChI=1S/C19H14BN3O4S/c1-3-27-19(24)16-15(13(10-21)18(20)22(16)2)11-4-6-12(7-5-11)17-14(23(25)26)8-9-28-17/h4-9H,3H2,1-2H3. The molecule has 0 amide bonds. The summed E-state index contributed by atoms with van der Waals surface area (Å²) in [6, 6.07) is 10.3. The number of carbonyl (C=O) groups excluding carboxylic acids is 1. The quantitative estimate of drug-likeness (QED) is 0.288. The molecule has 3 rings (SSSR count). The molecule has 0 saturated carbocycles. The molecule has 0 saturated heterocycles. The molecular formula is C19H14BN3O4S. The number of benzene rings is 1. The van der Waals surface area contributed by atoms with Crippen LogP contribution >= 0.6 is 11.3 Å². The van der Waals surface area contributed by atoms with Crippen LogP contribution in [0.5, 0.6) is 0 Å². The number of carbonyl (C=O) groups is 1. The monoisotopic (exact) mass is 391 g/mol. The minimum Gasteiger partial charge on any atom is -0.461 e. The Morgan fingerprint density at radius 3 is 2.54 bits per heavy atom. The maximum absolute atomic E-state index is 12.4. The average Bonchev–Trinajstić information content (AvgIpc) is 3.26. The van der Waals surface area contributed by atoms with Gasteiger partial charge in [-0.3, -0.25) is 10.1 Å². The van der Waals surface area contributed by atoms with Crippen molar-refractivity contribution in [2.24, 2.45) is 7.05 Å². The smallest absolute Gasteiger partial charge is 0.355 e. The molecule has 28 heavy (non-hydrogen) atoms. The fraction of sp³-hybridized carbons (Fsp3) is 0.158. The second-order valence-corrected chi connectivity index (χ2v) is 6.76. The van der Waals surface area contributed by atoms with Crippen molar-refractivity contribution in [1.29, 1.82) is 5.26 Å². The van der Waals surface area contributed by atoms with Crippen LogP contribution in [0.2, 0.25) is 0 Å². The molecule has 1 aromatic carbocycles. The minimum absolute atomic E-state index is 0.0339. The number of thiophene rings is 1. The zero-order valence-electron chi connectivity index (χ0n) is 15.1. The third-order valence-electron chi connectivity index (χ3n) is 4.30. The normalized spacial score (nSPS) is 10.5. The summed E-state index contributed by atoms with van der Waals surface area (Å²) in [6.07, 6.45) is 0. The van der Waals surface area contributed by atoms with E-state index in [1.165, 1.54) is 22.0 Å². The lowest BCUT2D eigenvalue weighted by Crippen LogP contribution is -2.20. The van der Waals surface area contributed by atoms with Crippen LogP contribution in [0.15, 0.2) is 35.7 Å². The van der Waals surface area contributed by atoms with Crippen LogP contribution in [-0.4, -0.2) is 29.9 Å². The molecule has 9 heteroatoms. The molecule has 2 aromatic heterocycles. The van der Waals surface area contributed by atoms with Gasteiger partial charge in [0.25, 0.3) is 5.69 Å². The Morgan fingerprint density at radius 1 is 1.32 bits per heavy atom. The molecule has 138 valence electrons. The van der Waals surface area contributed by atoms with E-state index in [1.807, 2.05) is 6.07 Å². The first-order chi connectivity index (χ1) is 13.4. The number of nitrogens with zero attached hydrogens (tertiary/aromatic N) is 3. The topological polar surface area (TPSA) is 98.2 Å². The SMILES string of the molecule is [B]c1c(C#N)c(-c2ccc(-c3sccc3[N+](=O)[O-])cc2)c(C(=O)OCC)n1C. The first-order valence-corrected chi connectivity index (χ1v) is 9.16. The summed E-state index contributed by atoms with van der Waals surface area (Å²) < 4.78 is 6.54. The summed E-state index contributed by atoms with van der Waals surface area (Å²) in [5, 5.41) is 22.4. The number of esters is 1.